The van der Waals surface area contributed by atoms with E-state index in [0.717, 1.165) is 5.56 Å². The third-order valence-corrected chi connectivity index (χ3v) is 6.27. The Morgan fingerprint density at radius 1 is 1.19 bits per heavy atom. The van der Waals surface area contributed by atoms with Gasteiger partial charge in [0.25, 0.3) is 0 Å². The molecule has 1 fully saturated rings. The largest absolute Gasteiger partial charge is 0.465 e. The molecule has 1 saturated heterocycles. The van der Waals surface area contributed by atoms with Crippen LogP contribution in [-0.2, 0) is 19.1 Å². The van der Waals surface area contributed by atoms with Gasteiger partial charge in [0.05, 0.1) is 19.3 Å². The van der Waals surface area contributed by atoms with Crippen LogP contribution in [0.15, 0.2) is 35.9 Å². The first-order chi connectivity index (χ1) is 12.8. The van der Waals surface area contributed by atoms with Crippen molar-refractivity contribution >= 4 is 11.9 Å². The van der Waals surface area contributed by atoms with Gasteiger partial charge in [0, 0.05) is 30.7 Å². The average molecular weight is 372 g/mol. The van der Waals surface area contributed by atoms with E-state index in [-0.39, 0.29) is 41.2 Å². The van der Waals surface area contributed by atoms with Crippen LogP contribution in [0.5, 0.6) is 5.75 Å². The summed E-state index contributed by atoms with van der Waals surface area (Å²) >= 11 is 0. The summed E-state index contributed by atoms with van der Waals surface area (Å²) in [5.41, 5.74) is 1.90. The zero-order valence-electron chi connectivity index (χ0n) is 16.7. The molecule has 1 aliphatic heterocycles. The first-order valence-electron chi connectivity index (χ1n) is 9.47. The lowest BCUT2D eigenvalue weighted by atomic mass is 9.56. The highest BCUT2D eigenvalue weighted by atomic mass is 16.5. The Kier molecular flexibility index (Phi) is 5.43. The normalized spacial score (nSPS) is 32.4. The number of fused-ring (bicyclic) bond motifs is 2. The fourth-order valence-electron chi connectivity index (χ4n) is 4.74. The highest BCUT2D eigenvalue weighted by molar-refractivity contribution is 5.70. The zero-order valence-corrected chi connectivity index (χ0v) is 16.7. The average Bonchev–Trinajstić information content (AvgIpc) is 2.59. The molecule has 2 bridgehead atoms. The lowest BCUT2D eigenvalue weighted by Crippen LogP contribution is -2.54. The predicted octanol–water partition coefficient (Wildman–Crippen LogP) is 4.08. The summed E-state index contributed by atoms with van der Waals surface area (Å²) in [5.74, 6) is 0.547. The van der Waals surface area contributed by atoms with Gasteiger partial charge in [-0.1, -0.05) is 43.7 Å². The third-order valence-electron chi connectivity index (χ3n) is 6.27. The minimum atomic E-state index is -0.347. The van der Waals surface area contributed by atoms with Gasteiger partial charge in [-0.2, -0.15) is 0 Å². The Labute approximate surface area is 160 Å². The number of esters is 2. The number of allylic oxidation sites excluding steroid dienone is 1. The van der Waals surface area contributed by atoms with E-state index in [0.29, 0.717) is 19.0 Å². The minimum Gasteiger partial charge on any atom is -0.465 e. The van der Waals surface area contributed by atoms with Gasteiger partial charge in [-0.3, -0.25) is 9.59 Å². The van der Waals surface area contributed by atoms with Crippen molar-refractivity contribution in [2.24, 2.45) is 23.2 Å². The first kappa shape index (κ1) is 19.6. The maximum atomic E-state index is 11.5. The standard InChI is InChI=1S/C22H28O5/c1-13-10-14(2)22(11-25-16(4)23)12-26-21(20(13)15(22)3)18-8-6-7-9-19(18)27-17(5)24/h6-10,14-15,20-21H,11-12H2,1-5H3/t14-,15+,20+,21+,22-/m0/s1. The van der Waals surface area contributed by atoms with E-state index in [1.165, 1.54) is 19.4 Å². The molecular weight excluding hydrogens is 344 g/mol. The molecule has 1 aliphatic carbocycles. The summed E-state index contributed by atoms with van der Waals surface area (Å²) in [4.78, 5) is 22.9. The van der Waals surface area contributed by atoms with Crippen LogP contribution in [-0.4, -0.2) is 25.2 Å². The Morgan fingerprint density at radius 3 is 2.56 bits per heavy atom. The smallest absolute Gasteiger partial charge is 0.308 e. The second kappa shape index (κ2) is 7.47. The molecule has 0 N–H and O–H groups in total. The molecule has 0 amide bonds. The molecule has 0 spiro atoms. The summed E-state index contributed by atoms with van der Waals surface area (Å²) in [6.45, 7) is 10.2. The van der Waals surface area contributed by atoms with Crippen molar-refractivity contribution in [3.63, 3.8) is 0 Å². The van der Waals surface area contributed by atoms with E-state index in [4.69, 9.17) is 14.2 Å². The van der Waals surface area contributed by atoms with Crippen LogP contribution in [0.3, 0.4) is 0 Å². The van der Waals surface area contributed by atoms with E-state index in [9.17, 15) is 9.59 Å². The van der Waals surface area contributed by atoms with Crippen LogP contribution in [0, 0.1) is 23.2 Å². The molecule has 0 aromatic heterocycles. The number of para-hydroxylation sites is 1. The number of hydrogen-bond donors (Lipinski definition) is 0. The van der Waals surface area contributed by atoms with Crippen molar-refractivity contribution in [1.82, 2.24) is 0 Å². The molecule has 0 unspecified atom stereocenters. The van der Waals surface area contributed by atoms with Gasteiger partial charge < -0.3 is 14.2 Å². The highest BCUT2D eigenvalue weighted by Crippen LogP contribution is 2.57. The molecule has 2 aliphatic rings. The summed E-state index contributed by atoms with van der Waals surface area (Å²) in [6, 6.07) is 7.54. The molecule has 5 atom stereocenters. The quantitative estimate of drug-likeness (QED) is 0.453. The van der Waals surface area contributed by atoms with E-state index < -0.39 is 0 Å². The van der Waals surface area contributed by atoms with Gasteiger partial charge in [-0.25, -0.2) is 0 Å². The maximum Gasteiger partial charge on any atom is 0.308 e. The number of benzene rings is 1. The lowest BCUT2D eigenvalue weighted by molar-refractivity contribution is -0.180. The van der Waals surface area contributed by atoms with Crippen molar-refractivity contribution in [2.45, 2.75) is 40.7 Å². The molecule has 1 heterocycles. The Balaban J connectivity index is 1.98. The van der Waals surface area contributed by atoms with Crippen LogP contribution in [0.1, 0.15) is 46.3 Å². The topological polar surface area (TPSA) is 61.8 Å². The van der Waals surface area contributed by atoms with E-state index >= 15 is 0 Å². The second-order valence-corrected chi connectivity index (χ2v) is 7.89. The molecule has 27 heavy (non-hydrogen) atoms. The van der Waals surface area contributed by atoms with Crippen LogP contribution < -0.4 is 4.74 Å². The molecule has 0 radical (unpaired) electrons. The Morgan fingerprint density at radius 2 is 1.89 bits per heavy atom. The van der Waals surface area contributed by atoms with Crippen molar-refractivity contribution < 1.29 is 23.8 Å². The molecule has 3 rings (SSSR count). The molecule has 5 nitrogen and oxygen atoms in total. The third kappa shape index (κ3) is 3.53. The minimum absolute atomic E-state index is 0.127. The molecule has 5 heteroatoms. The monoisotopic (exact) mass is 372 g/mol. The van der Waals surface area contributed by atoms with Crippen LogP contribution in [0.2, 0.25) is 0 Å². The molecular formula is C22H28O5. The SMILES string of the molecule is CC(=O)OC[C@]12CO[C@H](c3ccccc3OC(C)=O)[C@H](C(C)=C[C@@H]1C)[C@H]2C. The van der Waals surface area contributed by atoms with Crippen LogP contribution in [0.4, 0.5) is 0 Å². The molecule has 1 aromatic rings. The van der Waals surface area contributed by atoms with Crippen LogP contribution in [0.25, 0.3) is 0 Å². The number of carbonyl (C=O) groups is 2. The van der Waals surface area contributed by atoms with Crippen molar-refractivity contribution in [2.75, 3.05) is 13.2 Å². The van der Waals surface area contributed by atoms with Gasteiger partial charge in [0.2, 0.25) is 0 Å². The van der Waals surface area contributed by atoms with Gasteiger partial charge >= 0.3 is 11.9 Å². The number of hydrogen-bond acceptors (Lipinski definition) is 5. The Hall–Kier alpha value is -2.14. The van der Waals surface area contributed by atoms with E-state index in [2.05, 4.69) is 26.8 Å². The van der Waals surface area contributed by atoms with Gasteiger partial charge in [0.15, 0.2) is 0 Å². The molecule has 1 aromatic carbocycles. The summed E-state index contributed by atoms with van der Waals surface area (Å²) in [6.07, 6.45) is 2.07. The van der Waals surface area contributed by atoms with Gasteiger partial charge in [0.1, 0.15) is 5.75 Å². The van der Waals surface area contributed by atoms with Gasteiger partial charge in [-0.05, 0) is 24.8 Å². The zero-order chi connectivity index (χ0) is 19.8. The number of ether oxygens (including phenoxy) is 3. The lowest BCUT2D eigenvalue weighted by Gasteiger charge is -2.55. The number of rotatable bonds is 4. The summed E-state index contributed by atoms with van der Waals surface area (Å²) in [5, 5.41) is 0. The van der Waals surface area contributed by atoms with Crippen molar-refractivity contribution in [1.29, 1.82) is 0 Å². The summed E-state index contributed by atoms with van der Waals surface area (Å²) < 4.78 is 17.2. The fraction of sp³-hybridized carbons (Fsp3) is 0.545. The molecule has 0 saturated carbocycles. The van der Waals surface area contributed by atoms with Crippen molar-refractivity contribution in [3.8, 4) is 5.75 Å². The van der Waals surface area contributed by atoms with Crippen molar-refractivity contribution in [3.05, 3.63) is 41.5 Å². The number of carbonyl (C=O) groups excluding carboxylic acids is 2. The van der Waals surface area contributed by atoms with Gasteiger partial charge in [-0.15, -0.1) is 0 Å². The van der Waals surface area contributed by atoms with E-state index in [1.807, 2.05) is 18.2 Å². The van der Waals surface area contributed by atoms with Crippen LogP contribution >= 0.6 is 0 Å². The molecule has 146 valence electrons. The maximum absolute atomic E-state index is 11.5. The predicted molar refractivity (Wildman–Crippen MR) is 101 cm³/mol. The fourth-order valence-corrected chi connectivity index (χ4v) is 4.74. The summed E-state index contributed by atoms with van der Waals surface area (Å²) in [7, 11) is 0. The first-order valence-corrected chi connectivity index (χ1v) is 9.47. The van der Waals surface area contributed by atoms with E-state index in [1.54, 1.807) is 6.07 Å². The Bertz CT molecular complexity index is 768. The second-order valence-electron chi connectivity index (χ2n) is 7.89. The highest BCUT2D eigenvalue weighted by Gasteiger charge is 2.54.